The fourth-order valence-corrected chi connectivity index (χ4v) is 3.18. The van der Waals surface area contributed by atoms with Gasteiger partial charge in [-0.25, -0.2) is 4.98 Å². The number of rotatable bonds is 5. The van der Waals surface area contributed by atoms with Gasteiger partial charge in [0.2, 0.25) is 5.91 Å². The van der Waals surface area contributed by atoms with E-state index in [0.717, 1.165) is 5.39 Å². The first-order valence-corrected chi connectivity index (χ1v) is 9.17. The summed E-state index contributed by atoms with van der Waals surface area (Å²) in [6, 6.07) is 10.0. The van der Waals surface area contributed by atoms with E-state index in [1.54, 1.807) is 39.2 Å². The predicted molar refractivity (Wildman–Crippen MR) is 114 cm³/mol. The third-order valence-corrected chi connectivity index (χ3v) is 4.84. The lowest BCUT2D eigenvalue weighted by Crippen LogP contribution is -2.35. The SMILES string of the molecule is CNC(=O)C(C)Nc1cc(=O)n(C)c2ccc(Nc3ccnc(Cl)c3C#N)cc12. The van der Waals surface area contributed by atoms with Crippen LogP contribution in [0.3, 0.4) is 0 Å². The lowest BCUT2D eigenvalue weighted by atomic mass is 10.1. The molecule has 0 fully saturated rings. The highest BCUT2D eigenvalue weighted by atomic mass is 35.5. The molecule has 0 aliphatic heterocycles. The van der Waals surface area contributed by atoms with Gasteiger partial charge in [-0.3, -0.25) is 9.59 Å². The topological polar surface area (TPSA) is 112 Å². The van der Waals surface area contributed by atoms with E-state index < -0.39 is 6.04 Å². The van der Waals surface area contributed by atoms with Gasteiger partial charge in [-0.15, -0.1) is 0 Å². The number of hydrogen-bond donors (Lipinski definition) is 3. The Morgan fingerprint density at radius 2 is 2.03 bits per heavy atom. The zero-order valence-corrected chi connectivity index (χ0v) is 16.8. The van der Waals surface area contributed by atoms with Crippen molar-refractivity contribution < 1.29 is 4.79 Å². The largest absolute Gasteiger partial charge is 0.373 e. The van der Waals surface area contributed by atoms with Gasteiger partial charge in [0, 0.05) is 43.1 Å². The average Bonchev–Trinajstić information content (AvgIpc) is 2.71. The molecule has 8 nitrogen and oxygen atoms in total. The molecule has 1 atom stereocenters. The Morgan fingerprint density at radius 1 is 1.28 bits per heavy atom. The molecule has 148 valence electrons. The van der Waals surface area contributed by atoms with Crippen molar-refractivity contribution in [3.05, 3.63) is 57.6 Å². The molecule has 0 spiro atoms. The first kappa shape index (κ1) is 20.2. The maximum Gasteiger partial charge on any atom is 0.252 e. The maximum atomic E-state index is 12.3. The molecule has 3 rings (SSSR count). The van der Waals surface area contributed by atoms with Crippen molar-refractivity contribution >= 4 is 45.5 Å². The fourth-order valence-electron chi connectivity index (χ4n) is 2.98. The number of nitrogens with zero attached hydrogens (tertiary/aromatic N) is 3. The highest BCUT2D eigenvalue weighted by molar-refractivity contribution is 6.31. The predicted octanol–water partition coefficient (Wildman–Crippen LogP) is 2.75. The van der Waals surface area contributed by atoms with Crippen LogP contribution >= 0.6 is 11.6 Å². The fraction of sp³-hybridized carbons (Fsp3) is 0.200. The van der Waals surface area contributed by atoms with Crippen LogP contribution in [0.15, 0.2) is 41.3 Å². The summed E-state index contributed by atoms with van der Waals surface area (Å²) in [6.07, 6.45) is 1.51. The van der Waals surface area contributed by atoms with Crippen LogP contribution in [0.2, 0.25) is 5.15 Å². The third kappa shape index (κ3) is 4.00. The Hall–Kier alpha value is -3.57. The van der Waals surface area contributed by atoms with E-state index in [1.807, 2.05) is 12.1 Å². The smallest absolute Gasteiger partial charge is 0.252 e. The number of anilines is 3. The second-order valence-electron chi connectivity index (χ2n) is 6.43. The summed E-state index contributed by atoms with van der Waals surface area (Å²) in [4.78, 5) is 28.1. The monoisotopic (exact) mass is 410 g/mol. The minimum Gasteiger partial charge on any atom is -0.373 e. The van der Waals surface area contributed by atoms with Crippen molar-refractivity contribution in [3.63, 3.8) is 0 Å². The van der Waals surface area contributed by atoms with E-state index in [4.69, 9.17) is 11.6 Å². The number of hydrogen-bond acceptors (Lipinski definition) is 6. The Labute approximate surface area is 172 Å². The number of aromatic nitrogens is 2. The van der Waals surface area contributed by atoms with Gasteiger partial charge in [0.05, 0.1) is 11.2 Å². The maximum absolute atomic E-state index is 12.3. The van der Waals surface area contributed by atoms with E-state index in [0.29, 0.717) is 22.6 Å². The quantitative estimate of drug-likeness (QED) is 0.557. The highest BCUT2D eigenvalue weighted by Crippen LogP contribution is 2.29. The Bertz CT molecular complexity index is 1200. The van der Waals surface area contributed by atoms with Gasteiger partial charge in [-0.1, -0.05) is 11.6 Å². The summed E-state index contributed by atoms with van der Waals surface area (Å²) in [6.45, 7) is 1.71. The molecular weight excluding hydrogens is 392 g/mol. The van der Waals surface area contributed by atoms with Gasteiger partial charge in [0.15, 0.2) is 0 Å². The Kier molecular flexibility index (Phi) is 5.71. The summed E-state index contributed by atoms with van der Waals surface area (Å²) >= 11 is 6.00. The summed E-state index contributed by atoms with van der Waals surface area (Å²) in [7, 11) is 3.23. The highest BCUT2D eigenvalue weighted by Gasteiger charge is 2.15. The molecule has 0 saturated carbocycles. The Balaban J connectivity index is 2.09. The molecule has 0 aliphatic rings. The molecule has 2 heterocycles. The van der Waals surface area contributed by atoms with Crippen molar-refractivity contribution in [3.8, 4) is 6.07 Å². The van der Waals surface area contributed by atoms with Gasteiger partial charge in [0.25, 0.3) is 5.56 Å². The van der Waals surface area contributed by atoms with Gasteiger partial charge in [0.1, 0.15) is 22.8 Å². The molecule has 3 aromatic rings. The molecular formula is C20H19ClN6O2. The van der Waals surface area contributed by atoms with Crippen LogP contribution in [0.1, 0.15) is 12.5 Å². The number of pyridine rings is 2. The van der Waals surface area contributed by atoms with E-state index >= 15 is 0 Å². The molecule has 1 amide bonds. The van der Waals surface area contributed by atoms with Crippen LogP contribution < -0.4 is 21.5 Å². The van der Waals surface area contributed by atoms with Gasteiger partial charge < -0.3 is 20.5 Å². The number of carbonyl (C=O) groups excluding carboxylic acids is 1. The summed E-state index contributed by atoms with van der Waals surface area (Å²) in [5.41, 5.74) is 2.48. The van der Waals surface area contributed by atoms with Crippen LogP contribution in [0.4, 0.5) is 17.1 Å². The molecule has 1 unspecified atom stereocenters. The Morgan fingerprint density at radius 3 is 2.72 bits per heavy atom. The van der Waals surface area contributed by atoms with Crippen molar-refractivity contribution in [1.82, 2.24) is 14.9 Å². The first-order chi connectivity index (χ1) is 13.8. The summed E-state index contributed by atoms with van der Waals surface area (Å²) in [5.74, 6) is -0.196. The first-order valence-electron chi connectivity index (χ1n) is 8.79. The second-order valence-corrected chi connectivity index (χ2v) is 6.79. The molecule has 0 aliphatic carbocycles. The zero-order chi connectivity index (χ0) is 21.1. The van der Waals surface area contributed by atoms with E-state index in [9.17, 15) is 14.9 Å². The van der Waals surface area contributed by atoms with E-state index in [2.05, 4.69) is 20.9 Å². The van der Waals surface area contributed by atoms with E-state index in [-0.39, 0.29) is 22.2 Å². The van der Waals surface area contributed by atoms with Gasteiger partial charge >= 0.3 is 0 Å². The van der Waals surface area contributed by atoms with Crippen LogP contribution in [0.5, 0.6) is 0 Å². The van der Waals surface area contributed by atoms with Gasteiger partial charge in [-0.2, -0.15) is 5.26 Å². The molecule has 1 aromatic carbocycles. The standard InChI is InChI=1S/C20H19ClN6O2/c1-11(20(29)23-2)25-16-9-18(28)27(3)17-5-4-12(8-13(16)17)26-15-6-7-24-19(21)14(15)10-22/h4-9,11,25H,1-3H3,(H,23,29)(H,24,26). The molecule has 0 radical (unpaired) electrons. The van der Waals surface area contributed by atoms with Crippen molar-refractivity contribution in [2.45, 2.75) is 13.0 Å². The molecule has 9 heteroatoms. The number of likely N-dealkylation sites (N-methyl/N-ethyl adjacent to an activating group) is 1. The van der Waals surface area contributed by atoms with Crippen molar-refractivity contribution in [2.75, 3.05) is 17.7 Å². The normalized spacial score (nSPS) is 11.6. The zero-order valence-electron chi connectivity index (χ0n) is 16.1. The molecule has 3 N–H and O–H groups in total. The number of halogens is 1. The van der Waals surface area contributed by atoms with Crippen molar-refractivity contribution in [2.24, 2.45) is 7.05 Å². The number of nitriles is 1. The molecule has 0 bridgehead atoms. The number of amides is 1. The summed E-state index contributed by atoms with van der Waals surface area (Å²) in [5, 5.41) is 19.0. The number of nitrogens with one attached hydrogen (secondary N) is 3. The number of fused-ring (bicyclic) bond motifs is 1. The minimum absolute atomic E-state index is 0.113. The van der Waals surface area contributed by atoms with Crippen LogP contribution in [0, 0.1) is 11.3 Å². The second kappa shape index (κ2) is 8.20. The number of aryl methyl sites for hydroxylation is 1. The average molecular weight is 411 g/mol. The minimum atomic E-state index is -0.531. The van der Waals surface area contributed by atoms with E-state index in [1.165, 1.54) is 16.8 Å². The van der Waals surface area contributed by atoms with Crippen LogP contribution in [-0.2, 0) is 11.8 Å². The number of carbonyl (C=O) groups is 1. The summed E-state index contributed by atoms with van der Waals surface area (Å²) < 4.78 is 1.53. The number of benzene rings is 1. The molecule has 29 heavy (non-hydrogen) atoms. The van der Waals surface area contributed by atoms with Gasteiger partial charge in [-0.05, 0) is 31.2 Å². The molecule has 0 saturated heterocycles. The lowest BCUT2D eigenvalue weighted by molar-refractivity contribution is -0.121. The van der Waals surface area contributed by atoms with Crippen molar-refractivity contribution in [1.29, 1.82) is 5.26 Å². The third-order valence-electron chi connectivity index (χ3n) is 4.55. The lowest BCUT2D eigenvalue weighted by Gasteiger charge is -2.18. The van der Waals surface area contributed by atoms with Crippen LogP contribution in [0.25, 0.3) is 10.9 Å². The van der Waals surface area contributed by atoms with Crippen LogP contribution in [-0.4, -0.2) is 28.5 Å². The molecule has 2 aromatic heterocycles.